The van der Waals surface area contributed by atoms with E-state index in [4.69, 9.17) is 10.5 Å². The summed E-state index contributed by atoms with van der Waals surface area (Å²) < 4.78 is 5.72. The minimum atomic E-state index is -0.290. The van der Waals surface area contributed by atoms with Crippen LogP contribution in [-0.4, -0.2) is 47.7 Å². The Kier molecular flexibility index (Phi) is 2.78. The number of anilines is 2. The van der Waals surface area contributed by atoms with Crippen molar-refractivity contribution in [2.75, 3.05) is 36.9 Å². The predicted molar refractivity (Wildman–Crippen MR) is 69.7 cm³/mol. The Balaban J connectivity index is 1.76. The van der Waals surface area contributed by atoms with Gasteiger partial charge < -0.3 is 20.7 Å². The van der Waals surface area contributed by atoms with Gasteiger partial charge in [-0.2, -0.15) is 4.98 Å². The first-order valence-corrected chi connectivity index (χ1v) is 6.33. The molecule has 102 valence electrons. The van der Waals surface area contributed by atoms with Crippen LogP contribution >= 0.6 is 0 Å². The standard InChI is InChI=1S/C12H17N5O2/c1-8-4-9(16-11(13)15-8)17-3-2-12(7-17)6-14-10(18)5-19-12/h4H,2-3,5-7H2,1H3,(H,14,18)(H2,13,15,16). The molecule has 3 N–H and O–H groups in total. The average molecular weight is 263 g/mol. The summed E-state index contributed by atoms with van der Waals surface area (Å²) in [7, 11) is 0. The maximum atomic E-state index is 11.2. The lowest BCUT2D eigenvalue weighted by molar-refractivity contribution is -0.141. The van der Waals surface area contributed by atoms with Gasteiger partial charge in [0.05, 0.1) is 6.54 Å². The highest BCUT2D eigenvalue weighted by atomic mass is 16.5. The Hall–Kier alpha value is -1.89. The fourth-order valence-corrected chi connectivity index (χ4v) is 2.62. The van der Waals surface area contributed by atoms with Crippen LogP contribution in [-0.2, 0) is 9.53 Å². The number of amides is 1. The van der Waals surface area contributed by atoms with Crippen molar-refractivity contribution in [2.45, 2.75) is 18.9 Å². The Labute approximate surface area is 111 Å². The van der Waals surface area contributed by atoms with E-state index in [1.54, 1.807) is 0 Å². The molecule has 7 nitrogen and oxygen atoms in total. The van der Waals surface area contributed by atoms with Crippen LogP contribution in [0.3, 0.4) is 0 Å². The second-order valence-corrected chi connectivity index (χ2v) is 5.15. The van der Waals surface area contributed by atoms with Crippen LogP contribution in [0.1, 0.15) is 12.1 Å². The van der Waals surface area contributed by atoms with Crippen molar-refractivity contribution in [1.29, 1.82) is 0 Å². The zero-order valence-corrected chi connectivity index (χ0v) is 10.8. The number of hydrogen-bond acceptors (Lipinski definition) is 6. The van der Waals surface area contributed by atoms with Gasteiger partial charge in [-0.05, 0) is 13.3 Å². The molecule has 1 spiro atoms. The quantitative estimate of drug-likeness (QED) is 0.707. The molecule has 0 saturated carbocycles. The van der Waals surface area contributed by atoms with Crippen molar-refractivity contribution in [1.82, 2.24) is 15.3 Å². The van der Waals surface area contributed by atoms with Gasteiger partial charge in [0.15, 0.2) is 0 Å². The monoisotopic (exact) mass is 263 g/mol. The van der Waals surface area contributed by atoms with E-state index in [1.807, 2.05) is 13.0 Å². The Bertz CT molecular complexity index is 489. The van der Waals surface area contributed by atoms with Gasteiger partial charge in [-0.3, -0.25) is 4.79 Å². The number of aromatic nitrogens is 2. The molecule has 1 aromatic rings. The van der Waals surface area contributed by atoms with Crippen LogP contribution in [0.15, 0.2) is 6.07 Å². The molecule has 0 aromatic carbocycles. The van der Waals surface area contributed by atoms with Gasteiger partial charge in [-0.1, -0.05) is 0 Å². The number of rotatable bonds is 1. The number of carbonyl (C=O) groups is 1. The Morgan fingerprint density at radius 2 is 2.37 bits per heavy atom. The van der Waals surface area contributed by atoms with E-state index < -0.39 is 0 Å². The third-order valence-corrected chi connectivity index (χ3v) is 3.62. The highest BCUT2D eigenvalue weighted by Gasteiger charge is 2.42. The first-order valence-electron chi connectivity index (χ1n) is 6.33. The fourth-order valence-electron chi connectivity index (χ4n) is 2.62. The lowest BCUT2D eigenvalue weighted by atomic mass is 10.0. The zero-order chi connectivity index (χ0) is 13.5. The third kappa shape index (κ3) is 2.33. The number of aryl methyl sites for hydroxylation is 1. The van der Waals surface area contributed by atoms with Crippen molar-refractivity contribution in [3.05, 3.63) is 11.8 Å². The lowest BCUT2D eigenvalue weighted by Crippen LogP contribution is -2.53. The van der Waals surface area contributed by atoms with E-state index in [0.29, 0.717) is 13.1 Å². The summed E-state index contributed by atoms with van der Waals surface area (Å²) in [6.45, 7) is 4.14. The van der Waals surface area contributed by atoms with Gasteiger partial charge in [0, 0.05) is 24.8 Å². The molecule has 2 aliphatic rings. The zero-order valence-electron chi connectivity index (χ0n) is 10.8. The Morgan fingerprint density at radius 3 is 3.05 bits per heavy atom. The molecule has 3 rings (SSSR count). The molecule has 1 atom stereocenters. The Morgan fingerprint density at radius 1 is 1.53 bits per heavy atom. The molecular formula is C12H17N5O2. The van der Waals surface area contributed by atoms with E-state index in [-0.39, 0.29) is 24.1 Å². The van der Waals surface area contributed by atoms with Gasteiger partial charge in [0.1, 0.15) is 18.0 Å². The number of carbonyl (C=O) groups excluding carboxylic acids is 1. The molecule has 2 aliphatic heterocycles. The normalized spacial score (nSPS) is 26.8. The van der Waals surface area contributed by atoms with Crippen LogP contribution in [0.25, 0.3) is 0 Å². The molecule has 0 aliphatic carbocycles. The van der Waals surface area contributed by atoms with Crippen LogP contribution in [0.2, 0.25) is 0 Å². The topological polar surface area (TPSA) is 93.4 Å². The highest BCUT2D eigenvalue weighted by Crippen LogP contribution is 2.30. The molecule has 0 bridgehead atoms. The molecule has 2 fully saturated rings. The second-order valence-electron chi connectivity index (χ2n) is 5.15. The average Bonchev–Trinajstić information content (AvgIpc) is 2.77. The van der Waals surface area contributed by atoms with E-state index >= 15 is 0 Å². The van der Waals surface area contributed by atoms with Crippen molar-refractivity contribution in [3.63, 3.8) is 0 Å². The lowest BCUT2D eigenvalue weighted by Gasteiger charge is -2.33. The van der Waals surface area contributed by atoms with Crippen LogP contribution in [0.4, 0.5) is 11.8 Å². The number of nitrogen functional groups attached to an aromatic ring is 1. The summed E-state index contributed by atoms with van der Waals surface area (Å²) >= 11 is 0. The number of hydrogen-bond donors (Lipinski definition) is 2. The van der Waals surface area contributed by atoms with Crippen molar-refractivity contribution < 1.29 is 9.53 Å². The molecule has 3 heterocycles. The molecule has 2 saturated heterocycles. The van der Waals surface area contributed by atoms with Crippen molar-refractivity contribution in [3.8, 4) is 0 Å². The first kappa shape index (κ1) is 12.2. The largest absolute Gasteiger partial charge is 0.368 e. The number of nitrogens with one attached hydrogen (secondary N) is 1. The molecule has 19 heavy (non-hydrogen) atoms. The van der Waals surface area contributed by atoms with Crippen molar-refractivity contribution in [2.24, 2.45) is 0 Å². The van der Waals surface area contributed by atoms with Gasteiger partial charge in [0.25, 0.3) is 0 Å². The van der Waals surface area contributed by atoms with Crippen LogP contribution < -0.4 is 16.0 Å². The van der Waals surface area contributed by atoms with E-state index in [0.717, 1.165) is 24.5 Å². The van der Waals surface area contributed by atoms with Gasteiger partial charge in [-0.25, -0.2) is 4.98 Å². The number of nitrogens with two attached hydrogens (primary N) is 1. The molecule has 1 aromatic heterocycles. The van der Waals surface area contributed by atoms with E-state index in [1.165, 1.54) is 0 Å². The second kappa shape index (κ2) is 4.34. The number of nitrogens with zero attached hydrogens (tertiary/aromatic N) is 3. The van der Waals surface area contributed by atoms with Crippen LogP contribution in [0.5, 0.6) is 0 Å². The highest BCUT2D eigenvalue weighted by molar-refractivity contribution is 5.78. The predicted octanol–water partition coefficient (Wildman–Crippen LogP) is -0.537. The van der Waals surface area contributed by atoms with E-state index in [9.17, 15) is 4.79 Å². The molecule has 1 amide bonds. The van der Waals surface area contributed by atoms with Crippen molar-refractivity contribution >= 4 is 17.7 Å². The maximum Gasteiger partial charge on any atom is 0.246 e. The summed E-state index contributed by atoms with van der Waals surface area (Å²) in [4.78, 5) is 21.6. The summed E-state index contributed by atoms with van der Waals surface area (Å²) in [6, 6.07) is 1.91. The molecule has 7 heteroatoms. The number of morpholine rings is 1. The molecular weight excluding hydrogens is 246 g/mol. The fraction of sp³-hybridized carbons (Fsp3) is 0.583. The van der Waals surface area contributed by atoms with E-state index in [2.05, 4.69) is 20.2 Å². The van der Waals surface area contributed by atoms with Gasteiger partial charge in [0.2, 0.25) is 11.9 Å². The van der Waals surface area contributed by atoms with Gasteiger partial charge in [-0.15, -0.1) is 0 Å². The third-order valence-electron chi connectivity index (χ3n) is 3.62. The summed E-state index contributed by atoms with van der Waals surface area (Å²) in [5, 5.41) is 2.86. The minimum absolute atomic E-state index is 0.0498. The van der Waals surface area contributed by atoms with Crippen LogP contribution in [0, 0.1) is 6.92 Å². The van der Waals surface area contributed by atoms with Gasteiger partial charge >= 0.3 is 0 Å². The SMILES string of the molecule is Cc1cc(N2CCC3(CNC(=O)CO3)C2)nc(N)n1. The molecule has 1 unspecified atom stereocenters. The number of ether oxygens (including phenoxy) is 1. The summed E-state index contributed by atoms with van der Waals surface area (Å²) in [6.07, 6.45) is 0.871. The minimum Gasteiger partial charge on any atom is -0.368 e. The first-order chi connectivity index (χ1) is 9.06. The summed E-state index contributed by atoms with van der Waals surface area (Å²) in [5.74, 6) is 1.06. The smallest absolute Gasteiger partial charge is 0.246 e. The molecule has 0 radical (unpaired) electrons. The maximum absolute atomic E-state index is 11.2. The summed E-state index contributed by atoms with van der Waals surface area (Å²) in [5.41, 5.74) is 6.24.